The number of hydrogen-bond donors (Lipinski definition) is 1. The fraction of sp³-hybridized carbons (Fsp3) is 0.583. The summed E-state index contributed by atoms with van der Waals surface area (Å²) in [5, 5.41) is 19.7. The highest BCUT2D eigenvalue weighted by Crippen LogP contribution is 2.34. The predicted octanol–water partition coefficient (Wildman–Crippen LogP) is 3.65. The molecule has 0 saturated carbocycles. The van der Waals surface area contributed by atoms with Crippen molar-refractivity contribution < 1.29 is 9.90 Å². The van der Waals surface area contributed by atoms with Gasteiger partial charge in [0.2, 0.25) is 0 Å². The lowest BCUT2D eigenvalue weighted by molar-refractivity contribution is 0.0591. The first-order valence-corrected chi connectivity index (χ1v) is 12.5. The number of aliphatic hydroxyl groups excluding tert-OH is 1. The Morgan fingerprint density at radius 2 is 2.06 bits per heavy atom. The number of aliphatic hydroxyl groups is 1. The standard InChI is InChI=1S/C24H32ClN7O2/c1-14(2)32-22(17(25)10-26-32)24(34)30-8-6-5-7-19(30)18-9-21-27-23(16(4)12-31(21)28-18)29-11-15(3)20(33)13-29/h9-10,12,14-15,19-20,33H,5-8,11,13H2,1-4H3/t15-,19+,20+/m1/s1. The molecule has 5 heterocycles. The zero-order valence-electron chi connectivity index (χ0n) is 20.1. The Kier molecular flexibility index (Phi) is 6.02. The molecule has 0 bridgehead atoms. The molecule has 2 aliphatic rings. The van der Waals surface area contributed by atoms with Gasteiger partial charge in [-0.2, -0.15) is 10.2 Å². The molecule has 1 N–H and O–H groups in total. The van der Waals surface area contributed by atoms with Gasteiger partial charge in [0.1, 0.15) is 11.5 Å². The van der Waals surface area contributed by atoms with Crippen LogP contribution < -0.4 is 4.90 Å². The molecule has 5 rings (SSSR count). The molecular weight excluding hydrogens is 454 g/mol. The minimum atomic E-state index is -0.342. The van der Waals surface area contributed by atoms with E-state index >= 15 is 0 Å². The van der Waals surface area contributed by atoms with Gasteiger partial charge < -0.3 is 14.9 Å². The van der Waals surface area contributed by atoms with Crippen LogP contribution in [0.4, 0.5) is 5.82 Å². The normalized spacial score (nSPS) is 23.4. The van der Waals surface area contributed by atoms with Crippen molar-refractivity contribution in [2.45, 2.75) is 65.1 Å². The van der Waals surface area contributed by atoms with E-state index in [1.807, 2.05) is 37.9 Å². The van der Waals surface area contributed by atoms with E-state index in [9.17, 15) is 9.90 Å². The number of anilines is 1. The molecule has 0 spiro atoms. The van der Waals surface area contributed by atoms with Gasteiger partial charge in [0, 0.05) is 49.4 Å². The summed E-state index contributed by atoms with van der Waals surface area (Å²) < 4.78 is 3.50. The number of hydrogen-bond acceptors (Lipinski definition) is 6. The summed E-state index contributed by atoms with van der Waals surface area (Å²) in [6, 6.07) is 1.87. The number of carbonyl (C=O) groups excluding carboxylic acids is 1. The van der Waals surface area contributed by atoms with Crippen molar-refractivity contribution in [2.75, 3.05) is 24.5 Å². The Morgan fingerprint density at radius 3 is 2.76 bits per heavy atom. The predicted molar refractivity (Wildman–Crippen MR) is 130 cm³/mol. The van der Waals surface area contributed by atoms with E-state index in [1.54, 1.807) is 15.4 Å². The minimum absolute atomic E-state index is 0.0299. The number of rotatable bonds is 4. The lowest BCUT2D eigenvalue weighted by Crippen LogP contribution is -2.40. The first kappa shape index (κ1) is 23.1. The second-order valence-electron chi connectivity index (χ2n) is 9.96. The van der Waals surface area contributed by atoms with Crippen molar-refractivity contribution in [1.29, 1.82) is 0 Å². The Labute approximate surface area is 204 Å². The molecule has 2 saturated heterocycles. The third-order valence-corrected chi connectivity index (χ3v) is 7.32. The summed E-state index contributed by atoms with van der Waals surface area (Å²) in [6.07, 6.45) is 6.00. The van der Waals surface area contributed by atoms with E-state index in [2.05, 4.69) is 16.9 Å². The van der Waals surface area contributed by atoms with Crippen LogP contribution in [0.1, 0.15) is 73.9 Å². The molecule has 34 heavy (non-hydrogen) atoms. The average molecular weight is 486 g/mol. The van der Waals surface area contributed by atoms with Crippen molar-refractivity contribution in [3.63, 3.8) is 0 Å². The summed E-state index contributed by atoms with van der Waals surface area (Å²) in [7, 11) is 0. The van der Waals surface area contributed by atoms with E-state index in [0.29, 0.717) is 23.8 Å². The molecule has 0 unspecified atom stereocenters. The Bertz CT molecular complexity index is 1210. The van der Waals surface area contributed by atoms with Crippen molar-refractivity contribution in [3.8, 4) is 0 Å². The number of halogens is 1. The first-order chi connectivity index (χ1) is 16.2. The van der Waals surface area contributed by atoms with Gasteiger partial charge in [0.15, 0.2) is 5.65 Å². The third kappa shape index (κ3) is 3.94. The topological polar surface area (TPSA) is 91.8 Å². The number of aromatic nitrogens is 5. The molecule has 10 heteroatoms. The number of aryl methyl sites for hydroxylation is 1. The molecule has 182 valence electrons. The van der Waals surface area contributed by atoms with E-state index < -0.39 is 0 Å². The number of amides is 1. The Morgan fingerprint density at radius 1 is 1.26 bits per heavy atom. The highest BCUT2D eigenvalue weighted by atomic mass is 35.5. The lowest BCUT2D eigenvalue weighted by atomic mass is 9.99. The molecule has 3 aromatic heterocycles. The molecule has 3 atom stereocenters. The van der Waals surface area contributed by atoms with Gasteiger partial charge in [-0.25, -0.2) is 9.50 Å². The average Bonchev–Trinajstić information content (AvgIpc) is 3.49. The monoisotopic (exact) mass is 485 g/mol. The summed E-state index contributed by atoms with van der Waals surface area (Å²) in [6.45, 7) is 10.1. The fourth-order valence-corrected chi connectivity index (χ4v) is 5.39. The van der Waals surface area contributed by atoms with Gasteiger partial charge >= 0.3 is 0 Å². The van der Waals surface area contributed by atoms with Crippen LogP contribution in [0.25, 0.3) is 5.65 Å². The van der Waals surface area contributed by atoms with Crippen LogP contribution in [-0.2, 0) is 0 Å². The molecule has 0 aliphatic carbocycles. The van der Waals surface area contributed by atoms with E-state index in [-0.39, 0.29) is 30.0 Å². The molecule has 0 radical (unpaired) electrons. The minimum Gasteiger partial charge on any atom is -0.391 e. The quantitative estimate of drug-likeness (QED) is 0.606. The SMILES string of the molecule is Cc1cn2nc([C@@H]3CCCCN3C(=O)c3c(Cl)cnn3C(C)C)cc2nc1N1C[C@@H](C)[C@@H](O)C1. The summed E-state index contributed by atoms with van der Waals surface area (Å²) in [5.41, 5.74) is 3.02. The molecule has 1 amide bonds. The van der Waals surface area contributed by atoms with E-state index in [0.717, 1.165) is 48.5 Å². The van der Waals surface area contributed by atoms with Crippen LogP contribution in [0, 0.1) is 12.8 Å². The highest BCUT2D eigenvalue weighted by molar-refractivity contribution is 6.33. The fourth-order valence-electron chi connectivity index (χ4n) is 5.18. The van der Waals surface area contributed by atoms with Crippen LogP contribution in [0.5, 0.6) is 0 Å². The Hall–Kier alpha value is -2.65. The maximum absolute atomic E-state index is 13.6. The Balaban J connectivity index is 1.48. The number of β-amino-alcohol motifs (C(OH)–C–C–N with tert-alkyl or cyclic N) is 1. The van der Waals surface area contributed by atoms with Crippen molar-refractivity contribution >= 4 is 29.0 Å². The smallest absolute Gasteiger partial charge is 0.274 e. The van der Waals surface area contributed by atoms with Gasteiger partial charge in [-0.3, -0.25) is 9.48 Å². The largest absolute Gasteiger partial charge is 0.391 e. The molecular formula is C24H32ClN7O2. The van der Waals surface area contributed by atoms with Gasteiger partial charge in [0.05, 0.1) is 29.1 Å². The molecule has 9 nitrogen and oxygen atoms in total. The number of nitrogens with zero attached hydrogens (tertiary/aromatic N) is 7. The van der Waals surface area contributed by atoms with Crippen molar-refractivity contribution in [1.82, 2.24) is 29.3 Å². The number of likely N-dealkylation sites (tertiary alicyclic amines) is 1. The number of fused-ring (bicyclic) bond motifs is 1. The van der Waals surface area contributed by atoms with Crippen molar-refractivity contribution in [3.05, 3.63) is 40.4 Å². The van der Waals surface area contributed by atoms with E-state index in [4.69, 9.17) is 21.7 Å². The second-order valence-corrected chi connectivity index (χ2v) is 10.4. The molecule has 2 aliphatic heterocycles. The van der Waals surface area contributed by atoms with Crippen LogP contribution in [0.2, 0.25) is 5.02 Å². The summed E-state index contributed by atoms with van der Waals surface area (Å²) in [4.78, 5) is 22.6. The van der Waals surface area contributed by atoms with Gasteiger partial charge in [-0.1, -0.05) is 18.5 Å². The van der Waals surface area contributed by atoms with E-state index in [1.165, 1.54) is 0 Å². The van der Waals surface area contributed by atoms with Gasteiger partial charge in [0.25, 0.3) is 5.91 Å². The zero-order valence-corrected chi connectivity index (χ0v) is 20.9. The maximum atomic E-state index is 13.6. The van der Waals surface area contributed by atoms with Crippen LogP contribution in [0.3, 0.4) is 0 Å². The van der Waals surface area contributed by atoms with Crippen LogP contribution in [0.15, 0.2) is 18.5 Å². The zero-order chi connectivity index (χ0) is 24.1. The van der Waals surface area contributed by atoms with Crippen LogP contribution >= 0.6 is 11.6 Å². The third-order valence-electron chi connectivity index (χ3n) is 7.04. The van der Waals surface area contributed by atoms with Gasteiger partial charge in [-0.05, 0) is 40.0 Å². The summed E-state index contributed by atoms with van der Waals surface area (Å²) >= 11 is 6.40. The number of carbonyl (C=O) groups is 1. The van der Waals surface area contributed by atoms with Gasteiger partial charge in [-0.15, -0.1) is 0 Å². The first-order valence-electron chi connectivity index (χ1n) is 12.1. The summed E-state index contributed by atoms with van der Waals surface area (Å²) in [5.74, 6) is 0.986. The lowest BCUT2D eigenvalue weighted by Gasteiger charge is -2.35. The maximum Gasteiger partial charge on any atom is 0.274 e. The molecule has 0 aromatic carbocycles. The van der Waals surface area contributed by atoms with Crippen molar-refractivity contribution in [2.24, 2.45) is 5.92 Å². The second kappa shape index (κ2) is 8.85. The van der Waals surface area contributed by atoms with Crippen LogP contribution in [-0.4, -0.2) is 66.0 Å². The highest BCUT2D eigenvalue weighted by Gasteiger charge is 2.34. The number of piperidine rings is 1. The molecule has 2 fully saturated rings. The molecule has 3 aromatic rings.